The molecule has 0 bridgehead atoms. The second kappa shape index (κ2) is 4.05. The summed E-state index contributed by atoms with van der Waals surface area (Å²) in [6.45, 7) is 6.13. The SMILES string of the molecule is CC(C)[C@H]1CN(I)[C@H]2CCCC[C@H]12. The highest BCUT2D eigenvalue weighted by molar-refractivity contribution is 14.1. The molecule has 1 aliphatic heterocycles. The zero-order chi connectivity index (χ0) is 9.42. The van der Waals surface area contributed by atoms with Crippen LogP contribution in [0.15, 0.2) is 0 Å². The summed E-state index contributed by atoms with van der Waals surface area (Å²) in [6, 6.07) is 0.918. The summed E-state index contributed by atoms with van der Waals surface area (Å²) < 4.78 is 2.59. The quantitative estimate of drug-likeness (QED) is 0.528. The van der Waals surface area contributed by atoms with Crippen molar-refractivity contribution in [2.45, 2.75) is 45.6 Å². The van der Waals surface area contributed by atoms with E-state index in [1.807, 2.05) is 0 Å². The van der Waals surface area contributed by atoms with Crippen molar-refractivity contribution < 1.29 is 0 Å². The zero-order valence-electron chi connectivity index (χ0n) is 8.67. The van der Waals surface area contributed by atoms with Crippen LogP contribution in [0, 0.1) is 17.8 Å². The molecule has 1 aliphatic carbocycles. The van der Waals surface area contributed by atoms with Crippen LogP contribution in [-0.4, -0.2) is 15.7 Å². The summed E-state index contributed by atoms with van der Waals surface area (Å²) in [6.07, 6.45) is 5.89. The molecule has 0 radical (unpaired) electrons. The van der Waals surface area contributed by atoms with Gasteiger partial charge in [-0.3, -0.25) is 0 Å². The molecule has 2 fully saturated rings. The topological polar surface area (TPSA) is 3.24 Å². The van der Waals surface area contributed by atoms with Crippen LogP contribution < -0.4 is 0 Å². The lowest BCUT2D eigenvalue weighted by atomic mass is 9.76. The Labute approximate surface area is 95.8 Å². The summed E-state index contributed by atoms with van der Waals surface area (Å²) in [7, 11) is 0. The van der Waals surface area contributed by atoms with E-state index in [1.54, 1.807) is 0 Å². The van der Waals surface area contributed by atoms with Crippen molar-refractivity contribution in [1.82, 2.24) is 3.11 Å². The first kappa shape index (κ1) is 10.2. The summed E-state index contributed by atoms with van der Waals surface area (Å²) >= 11 is 2.55. The second-order valence-corrected chi connectivity index (χ2v) is 6.25. The normalized spacial score (nSPS) is 41.1. The number of hydrogen-bond donors (Lipinski definition) is 0. The summed E-state index contributed by atoms with van der Waals surface area (Å²) in [5.74, 6) is 2.87. The molecule has 0 aromatic carbocycles. The monoisotopic (exact) mass is 293 g/mol. The molecule has 2 rings (SSSR count). The van der Waals surface area contributed by atoms with E-state index in [2.05, 4.69) is 39.8 Å². The Morgan fingerprint density at radius 1 is 1.23 bits per heavy atom. The van der Waals surface area contributed by atoms with Gasteiger partial charge in [0.05, 0.1) is 0 Å². The smallest absolute Gasteiger partial charge is 0.0225 e. The Balaban J connectivity index is 2.08. The molecule has 0 N–H and O–H groups in total. The van der Waals surface area contributed by atoms with Crippen molar-refractivity contribution in [1.29, 1.82) is 0 Å². The van der Waals surface area contributed by atoms with Gasteiger partial charge in [0.15, 0.2) is 0 Å². The van der Waals surface area contributed by atoms with Gasteiger partial charge in [-0.2, -0.15) is 0 Å². The minimum Gasteiger partial charge on any atom is -0.244 e. The Morgan fingerprint density at radius 2 is 1.92 bits per heavy atom. The Bertz CT molecular complexity index is 181. The minimum absolute atomic E-state index is 0.880. The van der Waals surface area contributed by atoms with Gasteiger partial charge >= 0.3 is 0 Å². The van der Waals surface area contributed by atoms with E-state index in [0.717, 1.165) is 23.8 Å². The van der Waals surface area contributed by atoms with E-state index in [1.165, 1.54) is 32.2 Å². The standard InChI is InChI=1S/C11H20IN/c1-8(2)10-7-13(12)11-6-4-3-5-9(10)11/h8-11H,3-7H2,1-2H3/t9-,10-,11+/m1/s1. The van der Waals surface area contributed by atoms with Gasteiger partial charge in [0, 0.05) is 35.5 Å². The van der Waals surface area contributed by atoms with Crippen molar-refractivity contribution in [3.8, 4) is 0 Å². The third-order valence-corrected chi connectivity index (χ3v) is 5.04. The van der Waals surface area contributed by atoms with Crippen molar-refractivity contribution in [3.05, 3.63) is 0 Å². The summed E-state index contributed by atoms with van der Waals surface area (Å²) in [5.41, 5.74) is 0. The Morgan fingerprint density at radius 3 is 2.62 bits per heavy atom. The van der Waals surface area contributed by atoms with E-state index >= 15 is 0 Å². The fraction of sp³-hybridized carbons (Fsp3) is 1.00. The van der Waals surface area contributed by atoms with Crippen molar-refractivity contribution in [2.75, 3.05) is 6.54 Å². The second-order valence-electron chi connectivity index (χ2n) is 5.01. The number of rotatable bonds is 1. The van der Waals surface area contributed by atoms with Crippen LogP contribution in [0.25, 0.3) is 0 Å². The van der Waals surface area contributed by atoms with Crippen LogP contribution in [0.3, 0.4) is 0 Å². The largest absolute Gasteiger partial charge is 0.244 e. The molecule has 1 saturated heterocycles. The van der Waals surface area contributed by atoms with Gasteiger partial charge in [-0.05, 0) is 30.6 Å². The molecule has 1 nitrogen and oxygen atoms in total. The van der Waals surface area contributed by atoms with Crippen molar-refractivity contribution >= 4 is 22.9 Å². The average molecular weight is 293 g/mol. The lowest BCUT2D eigenvalue weighted by Crippen LogP contribution is -2.29. The molecule has 2 heteroatoms. The van der Waals surface area contributed by atoms with Crippen molar-refractivity contribution in [2.24, 2.45) is 17.8 Å². The predicted octanol–water partition coefficient (Wildman–Crippen LogP) is 3.48. The maximum absolute atomic E-state index is 2.59. The molecule has 3 atom stereocenters. The van der Waals surface area contributed by atoms with Crippen LogP contribution in [0.4, 0.5) is 0 Å². The van der Waals surface area contributed by atoms with Gasteiger partial charge in [-0.25, -0.2) is 3.11 Å². The first-order chi connectivity index (χ1) is 6.20. The van der Waals surface area contributed by atoms with Gasteiger partial charge in [-0.1, -0.05) is 26.7 Å². The third-order valence-electron chi connectivity index (χ3n) is 3.93. The fourth-order valence-electron chi connectivity index (χ4n) is 3.16. The third kappa shape index (κ3) is 1.89. The van der Waals surface area contributed by atoms with E-state index in [0.29, 0.717) is 0 Å². The molecular formula is C11H20IN. The predicted molar refractivity (Wildman–Crippen MR) is 64.8 cm³/mol. The Kier molecular flexibility index (Phi) is 3.18. The van der Waals surface area contributed by atoms with E-state index in [9.17, 15) is 0 Å². The lowest BCUT2D eigenvalue weighted by molar-refractivity contribution is 0.224. The number of nitrogens with zero attached hydrogens (tertiary/aromatic N) is 1. The van der Waals surface area contributed by atoms with Crippen molar-refractivity contribution in [3.63, 3.8) is 0 Å². The van der Waals surface area contributed by atoms with Gasteiger partial charge in [0.2, 0.25) is 0 Å². The highest BCUT2D eigenvalue weighted by Crippen LogP contribution is 2.44. The first-order valence-corrected chi connectivity index (χ1v) is 6.59. The number of fused-ring (bicyclic) bond motifs is 1. The molecule has 1 heterocycles. The van der Waals surface area contributed by atoms with E-state index < -0.39 is 0 Å². The number of halogens is 1. The molecule has 0 amide bonds. The maximum atomic E-state index is 2.59. The Hall–Kier alpha value is 0.690. The summed E-state index contributed by atoms with van der Waals surface area (Å²) in [4.78, 5) is 0. The maximum Gasteiger partial charge on any atom is 0.0225 e. The molecule has 76 valence electrons. The van der Waals surface area contributed by atoms with Crippen LogP contribution in [0.2, 0.25) is 0 Å². The lowest BCUT2D eigenvalue weighted by Gasteiger charge is -2.31. The summed E-state index contributed by atoms with van der Waals surface area (Å²) in [5, 5.41) is 0. The van der Waals surface area contributed by atoms with Gasteiger partial charge < -0.3 is 0 Å². The van der Waals surface area contributed by atoms with E-state index in [-0.39, 0.29) is 0 Å². The van der Waals surface area contributed by atoms with Gasteiger partial charge in [-0.15, -0.1) is 0 Å². The van der Waals surface area contributed by atoms with Crippen LogP contribution in [0.5, 0.6) is 0 Å². The first-order valence-electron chi connectivity index (χ1n) is 5.62. The molecule has 0 unspecified atom stereocenters. The number of hydrogen-bond acceptors (Lipinski definition) is 1. The molecule has 0 spiro atoms. The highest BCUT2D eigenvalue weighted by atomic mass is 127. The van der Waals surface area contributed by atoms with Crippen LogP contribution in [-0.2, 0) is 0 Å². The van der Waals surface area contributed by atoms with Crippen LogP contribution in [0.1, 0.15) is 39.5 Å². The molecule has 1 saturated carbocycles. The fourth-order valence-corrected chi connectivity index (χ4v) is 4.31. The molecule has 0 aromatic heterocycles. The zero-order valence-corrected chi connectivity index (χ0v) is 10.8. The van der Waals surface area contributed by atoms with Gasteiger partial charge in [0.25, 0.3) is 0 Å². The minimum atomic E-state index is 0.880. The molecule has 13 heavy (non-hydrogen) atoms. The van der Waals surface area contributed by atoms with E-state index in [4.69, 9.17) is 0 Å². The van der Waals surface area contributed by atoms with Crippen LogP contribution >= 0.6 is 22.9 Å². The van der Waals surface area contributed by atoms with Gasteiger partial charge in [0.1, 0.15) is 0 Å². The molecule has 2 aliphatic rings. The average Bonchev–Trinajstić information content (AvgIpc) is 2.45. The molecular weight excluding hydrogens is 273 g/mol. The highest BCUT2D eigenvalue weighted by Gasteiger charge is 2.42. The molecule has 0 aromatic rings.